The van der Waals surface area contributed by atoms with Crippen molar-refractivity contribution in [3.8, 4) is 0 Å². The molecule has 0 radical (unpaired) electrons. The Hall–Kier alpha value is -1.56. The molecule has 2 atom stereocenters. The fourth-order valence-electron chi connectivity index (χ4n) is 2.37. The van der Waals surface area contributed by atoms with Crippen LogP contribution >= 0.6 is 0 Å². The van der Waals surface area contributed by atoms with E-state index in [2.05, 4.69) is 9.97 Å². The van der Waals surface area contributed by atoms with Crippen molar-refractivity contribution in [1.29, 1.82) is 0 Å². The summed E-state index contributed by atoms with van der Waals surface area (Å²) in [4.78, 5) is 9.92. The SMILES string of the molecule is CN(c1cc(N)nc(N)n1)C1CCCCC1O. The van der Waals surface area contributed by atoms with Crippen LogP contribution in [0.4, 0.5) is 17.6 Å². The minimum absolute atomic E-state index is 0.0810. The Morgan fingerprint density at radius 3 is 2.65 bits per heavy atom. The van der Waals surface area contributed by atoms with E-state index in [1.54, 1.807) is 6.07 Å². The van der Waals surface area contributed by atoms with Crippen LogP contribution in [0.2, 0.25) is 0 Å². The van der Waals surface area contributed by atoms with Crippen molar-refractivity contribution < 1.29 is 5.11 Å². The van der Waals surface area contributed by atoms with Gasteiger partial charge in [0.2, 0.25) is 5.95 Å². The first-order chi connectivity index (χ1) is 8.08. The molecule has 0 aromatic carbocycles. The number of hydrogen-bond donors (Lipinski definition) is 3. The number of nitrogen functional groups attached to an aromatic ring is 2. The van der Waals surface area contributed by atoms with Crippen molar-refractivity contribution in [3.05, 3.63) is 6.07 Å². The van der Waals surface area contributed by atoms with E-state index in [4.69, 9.17) is 11.5 Å². The molecular weight excluding hydrogens is 218 g/mol. The second-order valence-electron chi connectivity index (χ2n) is 4.54. The lowest BCUT2D eigenvalue weighted by atomic mass is 9.91. The molecular formula is C11H19N5O. The van der Waals surface area contributed by atoms with Gasteiger partial charge in [-0.3, -0.25) is 0 Å². The number of nitrogens with zero attached hydrogens (tertiary/aromatic N) is 3. The Labute approximate surface area is 101 Å². The molecule has 94 valence electrons. The monoisotopic (exact) mass is 237 g/mol. The highest BCUT2D eigenvalue weighted by Crippen LogP contribution is 2.26. The third-order valence-electron chi connectivity index (χ3n) is 3.30. The highest BCUT2D eigenvalue weighted by molar-refractivity contribution is 5.50. The Morgan fingerprint density at radius 2 is 2.00 bits per heavy atom. The summed E-state index contributed by atoms with van der Waals surface area (Å²) in [6, 6.07) is 1.76. The van der Waals surface area contributed by atoms with Gasteiger partial charge in [0.1, 0.15) is 11.6 Å². The predicted octanol–water partition coefficient (Wildman–Crippen LogP) is 0.381. The predicted molar refractivity (Wildman–Crippen MR) is 67.5 cm³/mol. The summed E-state index contributed by atoms with van der Waals surface area (Å²) in [6.45, 7) is 0. The van der Waals surface area contributed by atoms with Crippen molar-refractivity contribution in [2.45, 2.75) is 37.8 Å². The topological polar surface area (TPSA) is 101 Å². The molecule has 1 heterocycles. The first-order valence-electron chi connectivity index (χ1n) is 5.89. The van der Waals surface area contributed by atoms with Crippen LogP contribution in [-0.4, -0.2) is 34.3 Å². The summed E-state index contributed by atoms with van der Waals surface area (Å²) < 4.78 is 0. The van der Waals surface area contributed by atoms with E-state index in [1.165, 1.54) is 0 Å². The average Bonchev–Trinajstić information content (AvgIpc) is 2.27. The number of anilines is 3. The molecule has 1 saturated carbocycles. The van der Waals surface area contributed by atoms with Crippen LogP contribution in [0.5, 0.6) is 0 Å². The second-order valence-corrected chi connectivity index (χ2v) is 4.54. The standard InChI is InChI=1S/C11H19N5O/c1-16(7-4-2-3-5-8(7)17)10-6-9(12)14-11(13)15-10/h6-8,17H,2-5H2,1H3,(H4,12,13,14,15). The molecule has 17 heavy (non-hydrogen) atoms. The molecule has 0 saturated heterocycles. The van der Waals surface area contributed by atoms with Gasteiger partial charge in [-0.1, -0.05) is 12.8 Å². The molecule has 0 amide bonds. The van der Waals surface area contributed by atoms with Crippen LogP contribution in [0.3, 0.4) is 0 Å². The molecule has 1 aliphatic rings. The van der Waals surface area contributed by atoms with Gasteiger partial charge >= 0.3 is 0 Å². The van der Waals surface area contributed by atoms with Gasteiger partial charge in [-0.15, -0.1) is 0 Å². The molecule has 0 spiro atoms. The van der Waals surface area contributed by atoms with Gasteiger partial charge in [-0.2, -0.15) is 9.97 Å². The van der Waals surface area contributed by atoms with Gasteiger partial charge in [0, 0.05) is 13.1 Å². The quantitative estimate of drug-likeness (QED) is 0.687. The minimum atomic E-state index is -0.314. The molecule has 2 rings (SSSR count). The van der Waals surface area contributed by atoms with Crippen molar-refractivity contribution in [2.75, 3.05) is 23.4 Å². The molecule has 6 heteroatoms. The molecule has 1 aromatic rings. The lowest BCUT2D eigenvalue weighted by Gasteiger charge is -2.35. The van der Waals surface area contributed by atoms with E-state index < -0.39 is 0 Å². The first-order valence-corrected chi connectivity index (χ1v) is 5.89. The van der Waals surface area contributed by atoms with Gasteiger partial charge in [-0.25, -0.2) is 0 Å². The van der Waals surface area contributed by atoms with Crippen LogP contribution in [0.25, 0.3) is 0 Å². The molecule has 1 aromatic heterocycles. The normalized spacial score (nSPS) is 24.6. The number of aliphatic hydroxyl groups is 1. The number of likely N-dealkylation sites (N-methyl/N-ethyl adjacent to an activating group) is 1. The van der Waals surface area contributed by atoms with Gasteiger partial charge < -0.3 is 21.5 Å². The number of aliphatic hydroxyl groups excluding tert-OH is 1. The number of hydrogen-bond acceptors (Lipinski definition) is 6. The molecule has 0 bridgehead atoms. The summed E-state index contributed by atoms with van der Waals surface area (Å²) in [5, 5.41) is 9.99. The summed E-state index contributed by atoms with van der Waals surface area (Å²) in [7, 11) is 1.90. The van der Waals surface area contributed by atoms with Gasteiger partial charge in [-0.05, 0) is 12.8 Å². The number of nitrogens with two attached hydrogens (primary N) is 2. The van der Waals surface area contributed by atoms with E-state index in [-0.39, 0.29) is 18.1 Å². The van der Waals surface area contributed by atoms with Crippen LogP contribution in [0, 0.1) is 0 Å². The Bertz CT molecular complexity index is 377. The number of aromatic nitrogens is 2. The third kappa shape index (κ3) is 2.58. The lowest BCUT2D eigenvalue weighted by Crippen LogP contribution is -2.43. The number of rotatable bonds is 2. The maximum atomic E-state index is 9.99. The maximum Gasteiger partial charge on any atom is 0.223 e. The fourth-order valence-corrected chi connectivity index (χ4v) is 2.37. The van der Waals surface area contributed by atoms with Gasteiger partial charge in [0.25, 0.3) is 0 Å². The van der Waals surface area contributed by atoms with Crippen LogP contribution in [0.15, 0.2) is 6.07 Å². The minimum Gasteiger partial charge on any atom is -0.391 e. The smallest absolute Gasteiger partial charge is 0.223 e. The van der Waals surface area contributed by atoms with E-state index >= 15 is 0 Å². The molecule has 0 aliphatic heterocycles. The largest absolute Gasteiger partial charge is 0.391 e. The zero-order valence-corrected chi connectivity index (χ0v) is 10.0. The van der Waals surface area contributed by atoms with E-state index in [9.17, 15) is 5.11 Å². The van der Waals surface area contributed by atoms with Crippen molar-refractivity contribution >= 4 is 17.6 Å². The molecule has 1 fully saturated rings. The molecule has 5 N–H and O–H groups in total. The first kappa shape index (κ1) is 11.9. The van der Waals surface area contributed by atoms with E-state index in [1.807, 2.05) is 11.9 Å². The zero-order chi connectivity index (χ0) is 12.4. The highest BCUT2D eigenvalue weighted by Gasteiger charge is 2.27. The maximum absolute atomic E-state index is 9.99. The lowest BCUT2D eigenvalue weighted by molar-refractivity contribution is 0.106. The second kappa shape index (κ2) is 4.75. The Balaban J connectivity index is 2.20. The van der Waals surface area contributed by atoms with E-state index in [0.717, 1.165) is 25.7 Å². The van der Waals surface area contributed by atoms with Crippen LogP contribution < -0.4 is 16.4 Å². The zero-order valence-electron chi connectivity index (χ0n) is 10.0. The Morgan fingerprint density at radius 1 is 1.29 bits per heavy atom. The van der Waals surface area contributed by atoms with E-state index in [0.29, 0.717) is 11.6 Å². The van der Waals surface area contributed by atoms with Gasteiger partial charge in [0.05, 0.1) is 12.1 Å². The summed E-state index contributed by atoms with van der Waals surface area (Å²) in [5.74, 6) is 1.18. The summed E-state index contributed by atoms with van der Waals surface area (Å²) in [6.07, 6.45) is 3.69. The molecule has 2 unspecified atom stereocenters. The third-order valence-corrected chi connectivity index (χ3v) is 3.30. The summed E-state index contributed by atoms with van der Waals surface area (Å²) >= 11 is 0. The summed E-state index contributed by atoms with van der Waals surface area (Å²) in [5.41, 5.74) is 11.2. The fraction of sp³-hybridized carbons (Fsp3) is 0.636. The van der Waals surface area contributed by atoms with Crippen LogP contribution in [0.1, 0.15) is 25.7 Å². The Kier molecular flexibility index (Phi) is 3.33. The highest BCUT2D eigenvalue weighted by atomic mass is 16.3. The molecule has 6 nitrogen and oxygen atoms in total. The average molecular weight is 237 g/mol. The van der Waals surface area contributed by atoms with Crippen molar-refractivity contribution in [1.82, 2.24) is 9.97 Å². The van der Waals surface area contributed by atoms with Crippen molar-refractivity contribution in [3.63, 3.8) is 0 Å². The van der Waals surface area contributed by atoms with Gasteiger partial charge in [0.15, 0.2) is 0 Å². The van der Waals surface area contributed by atoms with Crippen LogP contribution in [-0.2, 0) is 0 Å². The molecule has 1 aliphatic carbocycles. The van der Waals surface area contributed by atoms with Crippen molar-refractivity contribution in [2.24, 2.45) is 0 Å².